The lowest BCUT2D eigenvalue weighted by Crippen LogP contribution is -2.00. The van der Waals surface area contributed by atoms with Crippen LogP contribution in [0, 0.1) is 0 Å². The molecule has 4 nitrogen and oxygen atoms in total. The zero-order valence-corrected chi connectivity index (χ0v) is 9.54. The van der Waals surface area contributed by atoms with E-state index in [9.17, 15) is 0 Å². The Bertz CT molecular complexity index is 261. The molecule has 0 spiro atoms. The fourth-order valence-electron chi connectivity index (χ4n) is 1.36. The Balaban J connectivity index is 2.15. The third kappa shape index (κ3) is 4.05. The smallest absolute Gasteiger partial charge is 0.167 e. The quantitative estimate of drug-likeness (QED) is 0.683. The lowest BCUT2D eigenvalue weighted by molar-refractivity contribution is 0.616. The van der Waals surface area contributed by atoms with Crippen LogP contribution < -0.4 is 0 Å². The predicted molar refractivity (Wildman–Crippen MR) is 56.3 cm³/mol. The molecule has 1 rings (SSSR count). The Morgan fingerprint density at radius 1 is 1.43 bits per heavy atom. The minimum absolute atomic E-state index is 0.302. The number of rotatable bonds is 6. The van der Waals surface area contributed by atoms with Gasteiger partial charge in [-0.1, -0.05) is 13.3 Å². The molecule has 0 bridgehead atoms. The lowest BCUT2D eigenvalue weighted by Gasteiger charge is -2.05. The molecule has 1 aromatic rings. The largest absolute Gasteiger partial charge is 0.174 e. The number of alkyl halides is 1. The molecule has 0 aliphatic heterocycles. The standard InChI is InChI=1S/C9H17ClN4/c1-3-5-8(10)6-4-7-9-11-13-14(2)12-9/h8H,3-7H2,1-2H3. The van der Waals surface area contributed by atoms with E-state index in [1.54, 1.807) is 7.05 Å². The van der Waals surface area contributed by atoms with Gasteiger partial charge in [-0.2, -0.15) is 4.80 Å². The van der Waals surface area contributed by atoms with Crippen LogP contribution in [0.2, 0.25) is 0 Å². The highest BCUT2D eigenvalue weighted by atomic mass is 35.5. The molecular formula is C9H17ClN4. The van der Waals surface area contributed by atoms with Crippen molar-refractivity contribution in [1.82, 2.24) is 20.2 Å². The second-order valence-electron chi connectivity index (χ2n) is 3.47. The number of aromatic nitrogens is 4. The number of nitrogens with zero attached hydrogens (tertiary/aromatic N) is 4. The minimum atomic E-state index is 0.302. The van der Waals surface area contributed by atoms with E-state index < -0.39 is 0 Å². The lowest BCUT2D eigenvalue weighted by atomic mass is 10.1. The molecule has 1 atom stereocenters. The number of aryl methyl sites for hydroxylation is 2. The summed E-state index contributed by atoms with van der Waals surface area (Å²) in [4.78, 5) is 1.49. The highest BCUT2D eigenvalue weighted by molar-refractivity contribution is 6.20. The van der Waals surface area contributed by atoms with Gasteiger partial charge in [-0.05, 0) is 24.5 Å². The molecule has 0 N–H and O–H groups in total. The average Bonchev–Trinajstić information content (AvgIpc) is 2.52. The van der Waals surface area contributed by atoms with Gasteiger partial charge in [0.25, 0.3) is 0 Å². The molecule has 0 aromatic carbocycles. The van der Waals surface area contributed by atoms with Crippen LogP contribution in [-0.4, -0.2) is 25.6 Å². The van der Waals surface area contributed by atoms with E-state index in [2.05, 4.69) is 22.3 Å². The maximum absolute atomic E-state index is 6.09. The Hall–Kier alpha value is -0.640. The van der Waals surface area contributed by atoms with Crippen LogP contribution >= 0.6 is 11.6 Å². The molecule has 0 fully saturated rings. The van der Waals surface area contributed by atoms with Crippen molar-refractivity contribution >= 4 is 11.6 Å². The van der Waals surface area contributed by atoms with Gasteiger partial charge in [0.2, 0.25) is 0 Å². The van der Waals surface area contributed by atoms with Crippen molar-refractivity contribution in [2.45, 2.75) is 44.4 Å². The van der Waals surface area contributed by atoms with Crippen molar-refractivity contribution in [2.24, 2.45) is 7.05 Å². The molecule has 0 saturated carbocycles. The molecule has 0 aliphatic carbocycles. The first-order valence-electron chi connectivity index (χ1n) is 5.09. The van der Waals surface area contributed by atoms with Gasteiger partial charge in [0.1, 0.15) is 0 Å². The summed E-state index contributed by atoms with van der Waals surface area (Å²) in [5, 5.41) is 12.1. The summed E-state index contributed by atoms with van der Waals surface area (Å²) < 4.78 is 0. The van der Waals surface area contributed by atoms with Gasteiger partial charge in [0.05, 0.1) is 7.05 Å². The normalized spacial score (nSPS) is 13.1. The first kappa shape index (κ1) is 11.4. The predicted octanol–water partition coefficient (Wildman–Crippen LogP) is 1.94. The van der Waals surface area contributed by atoms with Crippen molar-refractivity contribution < 1.29 is 0 Å². The van der Waals surface area contributed by atoms with Gasteiger partial charge in [0, 0.05) is 11.8 Å². The maximum Gasteiger partial charge on any atom is 0.174 e. The zero-order valence-electron chi connectivity index (χ0n) is 8.78. The molecule has 5 heteroatoms. The van der Waals surface area contributed by atoms with Crippen LogP contribution in [0.5, 0.6) is 0 Å². The van der Waals surface area contributed by atoms with Gasteiger partial charge in [-0.25, -0.2) is 0 Å². The highest BCUT2D eigenvalue weighted by Gasteiger charge is 2.05. The highest BCUT2D eigenvalue weighted by Crippen LogP contribution is 2.12. The minimum Gasteiger partial charge on any atom is -0.167 e. The Kier molecular flexibility index (Phi) is 4.87. The Morgan fingerprint density at radius 2 is 2.21 bits per heavy atom. The van der Waals surface area contributed by atoms with E-state index in [4.69, 9.17) is 11.6 Å². The third-order valence-corrected chi connectivity index (χ3v) is 2.51. The molecule has 0 amide bonds. The number of halogens is 1. The zero-order chi connectivity index (χ0) is 10.4. The van der Waals surface area contributed by atoms with Gasteiger partial charge in [-0.3, -0.25) is 0 Å². The molecule has 1 heterocycles. The summed E-state index contributed by atoms with van der Waals surface area (Å²) in [6.45, 7) is 2.15. The SMILES string of the molecule is CCCC(Cl)CCCc1nnn(C)n1. The Morgan fingerprint density at radius 3 is 2.79 bits per heavy atom. The fraction of sp³-hybridized carbons (Fsp3) is 0.889. The number of hydrogen-bond acceptors (Lipinski definition) is 3. The summed E-state index contributed by atoms with van der Waals surface area (Å²) in [7, 11) is 1.78. The summed E-state index contributed by atoms with van der Waals surface area (Å²) in [5.74, 6) is 0.813. The summed E-state index contributed by atoms with van der Waals surface area (Å²) in [6, 6.07) is 0. The van der Waals surface area contributed by atoms with Gasteiger partial charge in [-0.15, -0.1) is 21.8 Å². The Labute approximate surface area is 89.6 Å². The van der Waals surface area contributed by atoms with E-state index in [0.717, 1.165) is 37.9 Å². The van der Waals surface area contributed by atoms with Crippen molar-refractivity contribution in [2.75, 3.05) is 0 Å². The van der Waals surface area contributed by atoms with Crippen LogP contribution in [-0.2, 0) is 13.5 Å². The van der Waals surface area contributed by atoms with E-state index in [-0.39, 0.29) is 0 Å². The summed E-state index contributed by atoms with van der Waals surface area (Å²) in [5.41, 5.74) is 0. The van der Waals surface area contributed by atoms with Gasteiger partial charge >= 0.3 is 0 Å². The van der Waals surface area contributed by atoms with Crippen molar-refractivity contribution in [3.05, 3.63) is 5.82 Å². The van der Waals surface area contributed by atoms with Crippen LogP contribution in [0.4, 0.5) is 0 Å². The molecular weight excluding hydrogens is 200 g/mol. The van der Waals surface area contributed by atoms with Crippen molar-refractivity contribution in [1.29, 1.82) is 0 Å². The first-order valence-corrected chi connectivity index (χ1v) is 5.53. The van der Waals surface area contributed by atoms with Crippen LogP contribution in [0.3, 0.4) is 0 Å². The summed E-state index contributed by atoms with van der Waals surface area (Å²) >= 11 is 6.09. The number of hydrogen-bond donors (Lipinski definition) is 0. The maximum atomic E-state index is 6.09. The van der Waals surface area contributed by atoms with Crippen LogP contribution in [0.1, 0.15) is 38.4 Å². The van der Waals surface area contributed by atoms with Crippen LogP contribution in [0.25, 0.3) is 0 Å². The van der Waals surface area contributed by atoms with Gasteiger partial charge in [0.15, 0.2) is 5.82 Å². The summed E-state index contributed by atoms with van der Waals surface area (Å²) in [6.07, 6.45) is 5.20. The van der Waals surface area contributed by atoms with E-state index in [0.29, 0.717) is 5.38 Å². The van der Waals surface area contributed by atoms with E-state index in [1.807, 2.05) is 0 Å². The molecule has 1 aromatic heterocycles. The fourth-order valence-corrected chi connectivity index (χ4v) is 1.74. The van der Waals surface area contributed by atoms with Crippen molar-refractivity contribution in [3.8, 4) is 0 Å². The topological polar surface area (TPSA) is 43.6 Å². The average molecular weight is 217 g/mol. The molecule has 0 aliphatic rings. The van der Waals surface area contributed by atoms with E-state index >= 15 is 0 Å². The van der Waals surface area contributed by atoms with Gasteiger partial charge < -0.3 is 0 Å². The molecule has 1 unspecified atom stereocenters. The van der Waals surface area contributed by atoms with Crippen molar-refractivity contribution in [3.63, 3.8) is 0 Å². The molecule has 80 valence electrons. The molecule has 14 heavy (non-hydrogen) atoms. The van der Waals surface area contributed by atoms with E-state index in [1.165, 1.54) is 4.80 Å². The second-order valence-corrected chi connectivity index (χ2v) is 4.09. The second kappa shape index (κ2) is 5.96. The molecule has 0 saturated heterocycles. The molecule has 0 radical (unpaired) electrons. The first-order chi connectivity index (χ1) is 6.72. The number of tetrazole rings is 1. The monoisotopic (exact) mass is 216 g/mol. The van der Waals surface area contributed by atoms with Crippen LogP contribution in [0.15, 0.2) is 0 Å². The third-order valence-electron chi connectivity index (χ3n) is 2.07.